The first kappa shape index (κ1) is 24.4. The summed E-state index contributed by atoms with van der Waals surface area (Å²) in [6, 6.07) is 5.50. The molecule has 8 heteroatoms. The number of hydrogen-bond acceptors (Lipinski definition) is 6. The fraction of sp³-hybridized carbons (Fsp3) is 0.500. The standard InChI is InChI=1S/C20H26N2O4.2ClH/c1-12-6-17-15(8-19(23)26-18(17)7-13(12)2)10-22-9-14(20(24)25-3)4-5-16(21)11-22;;/h6-8,14,16H,4-5,9-11,21H2,1-3H3;2*1H/t14-,16+;;/m0../s1. The predicted molar refractivity (Wildman–Crippen MR) is 114 cm³/mol. The normalized spacial score (nSPS) is 20.0. The molecular weight excluding hydrogens is 403 g/mol. The number of esters is 1. The Morgan fingerprint density at radius 2 is 1.86 bits per heavy atom. The summed E-state index contributed by atoms with van der Waals surface area (Å²) in [6.07, 6.45) is 1.51. The third kappa shape index (κ3) is 5.47. The van der Waals surface area contributed by atoms with E-state index in [9.17, 15) is 9.59 Å². The van der Waals surface area contributed by atoms with Crippen molar-refractivity contribution in [1.29, 1.82) is 0 Å². The van der Waals surface area contributed by atoms with Gasteiger partial charge in [0.1, 0.15) is 5.58 Å². The molecular formula is C20H28Cl2N2O4. The van der Waals surface area contributed by atoms with E-state index in [0.717, 1.165) is 34.9 Å². The summed E-state index contributed by atoms with van der Waals surface area (Å²) < 4.78 is 10.3. The largest absolute Gasteiger partial charge is 0.469 e. The van der Waals surface area contributed by atoms with Crippen LogP contribution < -0.4 is 11.4 Å². The molecule has 6 nitrogen and oxygen atoms in total. The van der Waals surface area contributed by atoms with Gasteiger partial charge in [0, 0.05) is 37.1 Å². The van der Waals surface area contributed by atoms with Crippen molar-refractivity contribution in [2.45, 2.75) is 39.3 Å². The Morgan fingerprint density at radius 1 is 1.18 bits per heavy atom. The third-order valence-corrected chi connectivity index (χ3v) is 5.23. The van der Waals surface area contributed by atoms with E-state index in [4.69, 9.17) is 14.9 Å². The Balaban J connectivity index is 0.00000196. The topological polar surface area (TPSA) is 85.8 Å². The molecule has 0 spiro atoms. The molecule has 0 aliphatic carbocycles. The minimum absolute atomic E-state index is 0. The van der Waals surface area contributed by atoms with E-state index in [2.05, 4.69) is 11.0 Å². The van der Waals surface area contributed by atoms with Crippen LogP contribution >= 0.6 is 24.8 Å². The van der Waals surface area contributed by atoms with Crippen LogP contribution in [0.1, 0.15) is 29.5 Å². The summed E-state index contributed by atoms with van der Waals surface area (Å²) in [6.45, 7) is 5.84. The molecule has 3 rings (SSSR count). The van der Waals surface area contributed by atoms with E-state index in [1.165, 1.54) is 7.11 Å². The van der Waals surface area contributed by atoms with Crippen LogP contribution in [0.4, 0.5) is 0 Å². The lowest BCUT2D eigenvalue weighted by Gasteiger charge is -2.24. The molecule has 1 aromatic heterocycles. The molecule has 2 heterocycles. The van der Waals surface area contributed by atoms with Gasteiger partial charge in [-0.05, 0) is 55.5 Å². The number of nitrogens with two attached hydrogens (primary N) is 1. The average Bonchev–Trinajstić information content (AvgIpc) is 2.77. The van der Waals surface area contributed by atoms with E-state index >= 15 is 0 Å². The molecule has 1 aliphatic rings. The number of hydrogen-bond donors (Lipinski definition) is 1. The molecule has 2 aromatic rings. The number of carbonyl (C=O) groups excluding carboxylic acids is 1. The molecule has 28 heavy (non-hydrogen) atoms. The Hall–Kier alpha value is -1.60. The smallest absolute Gasteiger partial charge is 0.336 e. The number of benzene rings is 1. The fourth-order valence-electron chi connectivity index (χ4n) is 3.66. The number of fused-ring (bicyclic) bond motifs is 1. The zero-order valence-electron chi connectivity index (χ0n) is 16.4. The first-order valence-electron chi connectivity index (χ1n) is 8.97. The average molecular weight is 431 g/mol. The molecule has 1 saturated heterocycles. The number of carbonyl (C=O) groups is 1. The van der Waals surface area contributed by atoms with E-state index in [0.29, 0.717) is 25.2 Å². The number of methoxy groups -OCH3 is 1. The number of ether oxygens (including phenoxy) is 1. The highest BCUT2D eigenvalue weighted by atomic mass is 35.5. The fourth-order valence-corrected chi connectivity index (χ4v) is 3.66. The van der Waals surface area contributed by atoms with Crippen LogP contribution in [-0.2, 0) is 16.1 Å². The van der Waals surface area contributed by atoms with Crippen LogP contribution in [0.5, 0.6) is 0 Å². The lowest BCUT2D eigenvalue weighted by atomic mass is 10.0. The number of nitrogens with zero attached hydrogens (tertiary/aromatic N) is 1. The van der Waals surface area contributed by atoms with Gasteiger partial charge in [0.05, 0.1) is 13.0 Å². The van der Waals surface area contributed by atoms with Gasteiger partial charge in [0.25, 0.3) is 0 Å². The van der Waals surface area contributed by atoms with Gasteiger partial charge in [-0.2, -0.15) is 0 Å². The molecule has 2 N–H and O–H groups in total. The second kappa shape index (κ2) is 10.3. The lowest BCUT2D eigenvalue weighted by Crippen LogP contribution is -2.37. The van der Waals surface area contributed by atoms with E-state index < -0.39 is 0 Å². The number of rotatable bonds is 3. The highest BCUT2D eigenvalue weighted by Crippen LogP contribution is 2.24. The summed E-state index contributed by atoms with van der Waals surface area (Å²) in [5, 5.41) is 0.931. The van der Waals surface area contributed by atoms with E-state index in [1.807, 2.05) is 19.9 Å². The zero-order valence-corrected chi connectivity index (χ0v) is 18.0. The maximum absolute atomic E-state index is 12.0. The van der Waals surface area contributed by atoms with Gasteiger partial charge >= 0.3 is 11.6 Å². The number of halogens is 2. The minimum Gasteiger partial charge on any atom is -0.469 e. The van der Waals surface area contributed by atoms with Crippen molar-refractivity contribution >= 4 is 41.8 Å². The summed E-state index contributed by atoms with van der Waals surface area (Å²) in [5.41, 5.74) is 9.56. The van der Waals surface area contributed by atoms with Crippen molar-refractivity contribution in [3.05, 3.63) is 45.3 Å². The SMILES string of the molecule is COC(=O)[C@H]1CC[C@@H](N)CN(Cc2cc(=O)oc3cc(C)c(C)cc23)C1.Cl.Cl. The van der Waals surface area contributed by atoms with E-state index in [-0.39, 0.29) is 48.4 Å². The van der Waals surface area contributed by atoms with Crippen molar-refractivity contribution in [1.82, 2.24) is 4.90 Å². The maximum atomic E-state index is 12.0. The van der Waals surface area contributed by atoms with Crippen LogP contribution in [0.25, 0.3) is 11.0 Å². The van der Waals surface area contributed by atoms with Gasteiger partial charge in [0.15, 0.2) is 0 Å². The summed E-state index contributed by atoms with van der Waals surface area (Å²) in [5.74, 6) is -0.392. The molecule has 0 amide bonds. The highest BCUT2D eigenvalue weighted by Gasteiger charge is 2.28. The molecule has 156 valence electrons. The first-order valence-corrected chi connectivity index (χ1v) is 8.97. The van der Waals surface area contributed by atoms with Crippen molar-refractivity contribution in [2.24, 2.45) is 11.7 Å². The Kier molecular flexibility index (Phi) is 8.95. The Labute approximate surface area is 177 Å². The predicted octanol–water partition coefficient (Wildman–Crippen LogP) is 2.97. The second-order valence-electron chi connectivity index (χ2n) is 7.27. The number of aryl methyl sites for hydroxylation is 2. The van der Waals surface area contributed by atoms with Crippen molar-refractivity contribution in [2.75, 3.05) is 20.2 Å². The molecule has 2 atom stereocenters. The van der Waals surface area contributed by atoms with Crippen LogP contribution in [0.15, 0.2) is 27.4 Å². The molecule has 1 fully saturated rings. The van der Waals surface area contributed by atoms with Crippen molar-refractivity contribution in [3.63, 3.8) is 0 Å². The van der Waals surface area contributed by atoms with Crippen LogP contribution in [-0.4, -0.2) is 37.1 Å². The summed E-state index contributed by atoms with van der Waals surface area (Å²) in [4.78, 5) is 26.2. The van der Waals surface area contributed by atoms with Gasteiger partial charge in [-0.1, -0.05) is 0 Å². The molecule has 0 radical (unpaired) electrons. The van der Waals surface area contributed by atoms with Crippen LogP contribution in [0.3, 0.4) is 0 Å². The van der Waals surface area contributed by atoms with Gasteiger partial charge in [-0.25, -0.2) is 4.79 Å². The lowest BCUT2D eigenvalue weighted by molar-refractivity contribution is -0.146. The van der Waals surface area contributed by atoms with Gasteiger partial charge in [0.2, 0.25) is 0 Å². The van der Waals surface area contributed by atoms with Gasteiger partial charge in [-0.15, -0.1) is 24.8 Å². The first-order chi connectivity index (χ1) is 12.4. The minimum atomic E-state index is -0.362. The molecule has 0 bridgehead atoms. The second-order valence-corrected chi connectivity index (χ2v) is 7.27. The zero-order chi connectivity index (χ0) is 18.8. The van der Waals surface area contributed by atoms with E-state index in [1.54, 1.807) is 6.07 Å². The third-order valence-electron chi connectivity index (χ3n) is 5.23. The Morgan fingerprint density at radius 3 is 2.54 bits per heavy atom. The summed E-state index contributed by atoms with van der Waals surface area (Å²) >= 11 is 0. The molecule has 0 unspecified atom stereocenters. The summed E-state index contributed by atoms with van der Waals surface area (Å²) in [7, 11) is 1.42. The molecule has 1 aliphatic heterocycles. The van der Waals surface area contributed by atoms with Gasteiger partial charge in [-0.3, -0.25) is 9.69 Å². The van der Waals surface area contributed by atoms with Crippen molar-refractivity contribution in [3.8, 4) is 0 Å². The molecule has 0 saturated carbocycles. The van der Waals surface area contributed by atoms with Crippen LogP contribution in [0.2, 0.25) is 0 Å². The highest BCUT2D eigenvalue weighted by molar-refractivity contribution is 5.85. The number of likely N-dealkylation sites (tertiary alicyclic amines) is 1. The quantitative estimate of drug-likeness (QED) is 0.594. The van der Waals surface area contributed by atoms with Crippen LogP contribution in [0, 0.1) is 19.8 Å². The maximum Gasteiger partial charge on any atom is 0.336 e. The molecule has 1 aromatic carbocycles. The Bertz CT molecular complexity index is 884. The van der Waals surface area contributed by atoms with Crippen molar-refractivity contribution < 1.29 is 13.9 Å². The monoisotopic (exact) mass is 430 g/mol. The van der Waals surface area contributed by atoms with Gasteiger partial charge < -0.3 is 14.9 Å².